The lowest BCUT2D eigenvalue weighted by Crippen LogP contribution is -2.14. The minimum Gasteiger partial charge on any atom is -0.510 e. The predicted octanol–water partition coefficient (Wildman–Crippen LogP) is 4.21. The van der Waals surface area contributed by atoms with Gasteiger partial charge >= 0.3 is 0 Å². The Bertz CT molecular complexity index is 719. The second kappa shape index (κ2) is 7.74. The molecule has 0 aliphatic heterocycles. The van der Waals surface area contributed by atoms with Crippen molar-refractivity contribution in [1.82, 2.24) is 0 Å². The number of benzene rings is 2. The van der Waals surface area contributed by atoms with E-state index >= 15 is 0 Å². The van der Waals surface area contributed by atoms with Crippen LogP contribution >= 0.6 is 0 Å². The highest BCUT2D eigenvalue weighted by molar-refractivity contribution is 6.03. The maximum absolute atomic E-state index is 12.2. The molecule has 0 saturated heterocycles. The van der Waals surface area contributed by atoms with Crippen LogP contribution in [-0.2, 0) is 4.79 Å². The standard InChI is InChI=1S/C17H17N3O3/c1-12(21)16(20-19-14-6-4-3-5-7-14)17(22)18-13-8-10-15(23-2)11-9-13/h3-11,21H,1-2H3,(H,18,22). The van der Waals surface area contributed by atoms with Gasteiger partial charge in [0, 0.05) is 5.69 Å². The van der Waals surface area contributed by atoms with Crippen LogP contribution in [0.25, 0.3) is 0 Å². The Kier molecular flexibility index (Phi) is 5.46. The maximum atomic E-state index is 12.2. The second-order valence-corrected chi connectivity index (χ2v) is 4.65. The van der Waals surface area contributed by atoms with Crippen molar-refractivity contribution >= 4 is 17.3 Å². The molecule has 2 N–H and O–H groups in total. The lowest BCUT2D eigenvalue weighted by Gasteiger charge is -2.06. The molecule has 0 spiro atoms. The fraction of sp³-hybridized carbons (Fsp3) is 0.118. The molecular weight excluding hydrogens is 294 g/mol. The van der Waals surface area contributed by atoms with Crippen molar-refractivity contribution in [3.05, 3.63) is 66.1 Å². The van der Waals surface area contributed by atoms with Gasteiger partial charge in [-0.2, -0.15) is 5.11 Å². The van der Waals surface area contributed by atoms with Gasteiger partial charge < -0.3 is 15.2 Å². The zero-order valence-electron chi connectivity index (χ0n) is 12.9. The first kappa shape index (κ1) is 16.2. The molecule has 0 unspecified atom stereocenters. The number of ether oxygens (including phenoxy) is 1. The van der Waals surface area contributed by atoms with Gasteiger partial charge in [0.25, 0.3) is 5.91 Å². The topological polar surface area (TPSA) is 83.3 Å². The minimum atomic E-state index is -0.546. The second-order valence-electron chi connectivity index (χ2n) is 4.65. The quantitative estimate of drug-likeness (QED) is 0.493. The van der Waals surface area contributed by atoms with Gasteiger partial charge in [-0.3, -0.25) is 4.79 Å². The number of azo groups is 1. The Hall–Kier alpha value is -3.15. The molecule has 0 heterocycles. The van der Waals surface area contributed by atoms with E-state index in [1.807, 2.05) is 6.07 Å². The number of amides is 1. The third-order valence-corrected chi connectivity index (χ3v) is 2.93. The van der Waals surface area contributed by atoms with Gasteiger partial charge in [-0.25, -0.2) is 0 Å². The number of aliphatic hydroxyl groups excluding tert-OH is 1. The van der Waals surface area contributed by atoms with Crippen LogP contribution in [0, 0.1) is 0 Å². The fourth-order valence-corrected chi connectivity index (χ4v) is 1.75. The van der Waals surface area contributed by atoms with E-state index in [4.69, 9.17) is 4.74 Å². The van der Waals surface area contributed by atoms with Gasteiger partial charge in [-0.15, -0.1) is 5.11 Å². The normalized spacial score (nSPS) is 11.9. The van der Waals surface area contributed by atoms with E-state index in [-0.39, 0.29) is 11.5 Å². The van der Waals surface area contributed by atoms with E-state index in [0.717, 1.165) is 0 Å². The number of carbonyl (C=O) groups excluding carboxylic acids is 1. The zero-order valence-corrected chi connectivity index (χ0v) is 12.9. The number of nitrogens with zero attached hydrogens (tertiary/aromatic N) is 2. The molecule has 0 fully saturated rings. The molecule has 2 aromatic rings. The summed E-state index contributed by atoms with van der Waals surface area (Å²) in [5, 5.41) is 20.1. The summed E-state index contributed by atoms with van der Waals surface area (Å²) in [4.78, 5) is 12.2. The number of methoxy groups -OCH3 is 1. The number of aliphatic hydroxyl groups is 1. The van der Waals surface area contributed by atoms with E-state index in [1.54, 1.807) is 55.6 Å². The van der Waals surface area contributed by atoms with Crippen LogP contribution in [0.1, 0.15) is 6.92 Å². The molecule has 23 heavy (non-hydrogen) atoms. The van der Waals surface area contributed by atoms with E-state index in [2.05, 4.69) is 15.5 Å². The summed E-state index contributed by atoms with van der Waals surface area (Å²) >= 11 is 0. The summed E-state index contributed by atoms with van der Waals surface area (Å²) in [6.07, 6.45) is 0. The molecule has 0 saturated carbocycles. The SMILES string of the molecule is COc1ccc(NC(=O)C(N=Nc2ccccc2)=C(C)O)cc1. The lowest BCUT2D eigenvalue weighted by molar-refractivity contribution is -0.113. The van der Waals surface area contributed by atoms with E-state index in [0.29, 0.717) is 17.1 Å². The van der Waals surface area contributed by atoms with Gasteiger partial charge in [0.2, 0.25) is 0 Å². The average molecular weight is 311 g/mol. The molecule has 1 amide bonds. The van der Waals surface area contributed by atoms with Crippen LogP contribution in [0.15, 0.2) is 76.3 Å². The van der Waals surface area contributed by atoms with Crippen LogP contribution in [0.2, 0.25) is 0 Å². The number of carbonyl (C=O) groups is 1. The van der Waals surface area contributed by atoms with Crippen molar-refractivity contribution in [1.29, 1.82) is 0 Å². The largest absolute Gasteiger partial charge is 0.510 e. The van der Waals surface area contributed by atoms with E-state index < -0.39 is 5.91 Å². The maximum Gasteiger partial charge on any atom is 0.279 e. The molecule has 0 radical (unpaired) electrons. The first-order valence-electron chi connectivity index (χ1n) is 6.92. The molecule has 6 heteroatoms. The smallest absolute Gasteiger partial charge is 0.279 e. The zero-order chi connectivity index (χ0) is 16.7. The molecular formula is C17H17N3O3. The van der Waals surface area contributed by atoms with Crippen LogP contribution in [-0.4, -0.2) is 18.1 Å². The Morgan fingerprint density at radius 3 is 2.30 bits per heavy atom. The third-order valence-electron chi connectivity index (χ3n) is 2.93. The minimum absolute atomic E-state index is 0.148. The summed E-state index contributed by atoms with van der Waals surface area (Å²) in [5.41, 5.74) is 0.998. The van der Waals surface area contributed by atoms with Crippen molar-refractivity contribution in [3.63, 3.8) is 0 Å². The molecule has 0 atom stereocenters. The van der Waals surface area contributed by atoms with Crippen molar-refractivity contribution in [3.8, 4) is 5.75 Å². The number of hydrogen-bond acceptors (Lipinski definition) is 5. The van der Waals surface area contributed by atoms with Crippen molar-refractivity contribution in [2.45, 2.75) is 6.92 Å². The molecule has 0 aliphatic carbocycles. The first-order valence-corrected chi connectivity index (χ1v) is 6.92. The van der Waals surface area contributed by atoms with E-state index in [1.165, 1.54) is 6.92 Å². The molecule has 0 aliphatic rings. The number of nitrogens with one attached hydrogen (secondary N) is 1. The number of allylic oxidation sites excluding steroid dienone is 1. The van der Waals surface area contributed by atoms with Crippen molar-refractivity contribution in [2.75, 3.05) is 12.4 Å². The van der Waals surface area contributed by atoms with Crippen LogP contribution in [0.4, 0.5) is 11.4 Å². The monoisotopic (exact) mass is 311 g/mol. The predicted molar refractivity (Wildman–Crippen MR) is 87.9 cm³/mol. The molecule has 0 aromatic heterocycles. The number of hydrogen-bond donors (Lipinski definition) is 2. The molecule has 6 nitrogen and oxygen atoms in total. The van der Waals surface area contributed by atoms with Gasteiger partial charge in [-0.05, 0) is 43.3 Å². The summed E-state index contributed by atoms with van der Waals surface area (Å²) in [6, 6.07) is 15.8. The van der Waals surface area contributed by atoms with Gasteiger partial charge in [0.1, 0.15) is 11.5 Å². The van der Waals surface area contributed by atoms with Crippen molar-refractivity contribution in [2.24, 2.45) is 10.2 Å². The van der Waals surface area contributed by atoms with E-state index in [9.17, 15) is 9.90 Å². The Morgan fingerprint density at radius 2 is 1.74 bits per heavy atom. The Balaban J connectivity index is 2.13. The Labute approximate surface area is 134 Å². The average Bonchev–Trinajstić information content (AvgIpc) is 2.56. The first-order chi connectivity index (χ1) is 11.1. The summed E-state index contributed by atoms with van der Waals surface area (Å²) < 4.78 is 5.05. The summed E-state index contributed by atoms with van der Waals surface area (Å²) in [7, 11) is 1.56. The van der Waals surface area contributed by atoms with Crippen LogP contribution in [0.3, 0.4) is 0 Å². The number of anilines is 1. The molecule has 2 aromatic carbocycles. The van der Waals surface area contributed by atoms with Gasteiger partial charge in [-0.1, -0.05) is 18.2 Å². The van der Waals surface area contributed by atoms with Crippen LogP contribution < -0.4 is 10.1 Å². The molecule has 2 rings (SSSR count). The number of rotatable bonds is 5. The van der Waals surface area contributed by atoms with Gasteiger partial charge in [0.05, 0.1) is 12.8 Å². The fourth-order valence-electron chi connectivity index (χ4n) is 1.75. The van der Waals surface area contributed by atoms with Crippen molar-refractivity contribution < 1.29 is 14.6 Å². The highest BCUT2D eigenvalue weighted by Gasteiger charge is 2.13. The molecule has 118 valence electrons. The molecule has 0 bridgehead atoms. The summed E-state index contributed by atoms with van der Waals surface area (Å²) in [6.45, 7) is 1.38. The Morgan fingerprint density at radius 1 is 1.09 bits per heavy atom. The third kappa shape index (κ3) is 4.67. The summed E-state index contributed by atoms with van der Waals surface area (Å²) in [5.74, 6) is -0.0774. The van der Waals surface area contributed by atoms with Gasteiger partial charge in [0.15, 0.2) is 5.70 Å². The van der Waals surface area contributed by atoms with Crippen LogP contribution in [0.5, 0.6) is 5.75 Å². The highest BCUT2D eigenvalue weighted by atomic mass is 16.5. The highest BCUT2D eigenvalue weighted by Crippen LogP contribution is 2.18. The lowest BCUT2D eigenvalue weighted by atomic mass is 10.3.